The maximum absolute atomic E-state index is 3.51. The highest BCUT2D eigenvalue weighted by Crippen LogP contribution is 2.30. The number of benzene rings is 1. The zero-order chi connectivity index (χ0) is 9.71. The summed E-state index contributed by atoms with van der Waals surface area (Å²) in [5, 5.41) is 1.36. The van der Waals surface area contributed by atoms with Crippen LogP contribution in [0.3, 0.4) is 0 Å². The second-order valence-corrected chi connectivity index (χ2v) is 4.86. The summed E-state index contributed by atoms with van der Waals surface area (Å²) in [6, 6.07) is 6.42. The van der Waals surface area contributed by atoms with Crippen molar-refractivity contribution in [1.29, 1.82) is 0 Å². The summed E-state index contributed by atoms with van der Waals surface area (Å²) in [7, 11) is 2.15. The molecule has 3 heteroatoms. The molecular weight excluding hydrogens is 240 g/mol. The van der Waals surface area contributed by atoms with Crippen molar-refractivity contribution in [1.82, 2.24) is 9.88 Å². The number of nitrogens with zero attached hydrogens (tertiary/aromatic N) is 1. The minimum atomic E-state index is 1.04. The second kappa shape index (κ2) is 2.84. The lowest BCUT2D eigenvalue weighted by atomic mass is 10.1. The first kappa shape index (κ1) is 8.50. The third kappa shape index (κ3) is 1.12. The molecule has 1 aliphatic heterocycles. The number of rotatable bonds is 0. The fourth-order valence-electron chi connectivity index (χ4n) is 2.19. The first-order valence-electron chi connectivity index (χ1n) is 4.71. The third-order valence-electron chi connectivity index (χ3n) is 2.81. The van der Waals surface area contributed by atoms with Crippen molar-refractivity contribution >= 4 is 26.8 Å². The van der Waals surface area contributed by atoms with Crippen molar-refractivity contribution < 1.29 is 0 Å². The third-order valence-corrected chi connectivity index (χ3v) is 3.31. The summed E-state index contributed by atoms with van der Waals surface area (Å²) >= 11 is 3.51. The Balaban J connectivity index is 2.30. The van der Waals surface area contributed by atoms with Crippen LogP contribution >= 0.6 is 15.9 Å². The van der Waals surface area contributed by atoms with Gasteiger partial charge in [0.1, 0.15) is 0 Å². The molecule has 0 aliphatic carbocycles. The Morgan fingerprint density at radius 3 is 3.07 bits per heavy atom. The fourth-order valence-corrected chi connectivity index (χ4v) is 2.55. The van der Waals surface area contributed by atoms with Gasteiger partial charge in [0.25, 0.3) is 0 Å². The van der Waals surface area contributed by atoms with Crippen LogP contribution in [0, 0.1) is 0 Å². The lowest BCUT2D eigenvalue weighted by molar-refractivity contribution is 0.351. The van der Waals surface area contributed by atoms with Gasteiger partial charge in [-0.1, -0.05) is 15.9 Å². The van der Waals surface area contributed by atoms with E-state index in [1.165, 1.54) is 22.2 Å². The zero-order valence-electron chi connectivity index (χ0n) is 7.97. The standard InChI is InChI=1S/C11H11BrN2/c1-14-5-9-8-4-7(12)2-3-10(8)13-11(9)6-14/h2-4,13H,5-6H2,1H3. The number of H-pyrrole nitrogens is 1. The molecule has 2 nitrogen and oxygen atoms in total. The van der Waals surface area contributed by atoms with Crippen molar-refractivity contribution in [3.05, 3.63) is 33.9 Å². The van der Waals surface area contributed by atoms with Gasteiger partial charge < -0.3 is 4.98 Å². The molecule has 0 fully saturated rings. The molecule has 0 atom stereocenters. The molecule has 1 N–H and O–H groups in total. The van der Waals surface area contributed by atoms with Gasteiger partial charge in [0.2, 0.25) is 0 Å². The van der Waals surface area contributed by atoms with Gasteiger partial charge in [-0.25, -0.2) is 0 Å². The molecule has 1 aromatic heterocycles. The van der Waals surface area contributed by atoms with Crippen LogP contribution in [-0.4, -0.2) is 16.9 Å². The normalized spacial score (nSPS) is 16.4. The maximum Gasteiger partial charge on any atom is 0.0460 e. The van der Waals surface area contributed by atoms with Gasteiger partial charge in [-0.2, -0.15) is 0 Å². The van der Waals surface area contributed by atoms with Gasteiger partial charge in [-0.3, -0.25) is 4.90 Å². The number of halogens is 1. The average molecular weight is 251 g/mol. The van der Waals surface area contributed by atoms with Crippen molar-refractivity contribution in [3.63, 3.8) is 0 Å². The zero-order valence-corrected chi connectivity index (χ0v) is 9.56. The summed E-state index contributed by atoms with van der Waals surface area (Å²) in [4.78, 5) is 5.79. The molecule has 0 unspecified atom stereocenters. The number of aromatic amines is 1. The van der Waals surface area contributed by atoms with E-state index in [0.717, 1.165) is 17.6 Å². The van der Waals surface area contributed by atoms with Crippen molar-refractivity contribution in [3.8, 4) is 0 Å². The quantitative estimate of drug-likeness (QED) is 0.762. The molecule has 0 saturated heterocycles. The summed E-state index contributed by atoms with van der Waals surface area (Å²) < 4.78 is 1.15. The van der Waals surface area contributed by atoms with Crippen LogP contribution in [0.1, 0.15) is 11.3 Å². The van der Waals surface area contributed by atoms with E-state index in [0.29, 0.717) is 0 Å². The Morgan fingerprint density at radius 1 is 1.36 bits per heavy atom. The fraction of sp³-hybridized carbons (Fsp3) is 0.273. The van der Waals surface area contributed by atoms with Crippen LogP contribution in [0.2, 0.25) is 0 Å². The molecule has 14 heavy (non-hydrogen) atoms. The number of aromatic nitrogens is 1. The van der Waals surface area contributed by atoms with Crippen molar-refractivity contribution in [2.24, 2.45) is 0 Å². The lowest BCUT2D eigenvalue weighted by Gasteiger charge is -2.05. The van der Waals surface area contributed by atoms with Crippen molar-refractivity contribution in [2.45, 2.75) is 13.1 Å². The monoisotopic (exact) mass is 250 g/mol. The molecule has 0 amide bonds. The molecule has 1 aromatic carbocycles. The van der Waals surface area contributed by atoms with Crippen LogP contribution in [0.4, 0.5) is 0 Å². The van der Waals surface area contributed by atoms with Crippen LogP contribution in [0.5, 0.6) is 0 Å². The first-order chi connectivity index (χ1) is 6.74. The minimum Gasteiger partial charge on any atom is -0.357 e. The van der Waals surface area contributed by atoms with Crippen LogP contribution in [0.25, 0.3) is 10.9 Å². The molecule has 2 aromatic rings. The highest BCUT2D eigenvalue weighted by Gasteiger charge is 2.20. The summed E-state index contributed by atoms with van der Waals surface area (Å²) in [5.41, 5.74) is 4.09. The summed E-state index contributed by atoms with van der Waals surface area (Å²) in [5.74, 6) is 0. The Bertz CT molecular complexity index is 501. The molecule has 0 bridgehead atoms. The van der Waals surface area contributed by atoms with Gasteiger partial charge in [0.15, 0.2) is 0 Å². The first-order valence-corrected chi connectivity index (χ1v) is 5.51. The Hall–Kier alpha value is -0.800. The average Bonchev–Trinajstić information content (AvgIpc) is 2.62. The second-order valence-electron chi connectivity index (χ2n) is 3.94. The topological polar surface area (TPSA) is 19.0 Å². The molecule has 2 heterocycles. The van der Waals surface area contributed by atoms with Gasteiger partial charge in [0, 0.05) is 34.2 Å². The van der Waals surface area contributed by atoms with E-state index in [9.17, 15) is 0 Å². The van der Waals surface area contributed by atoms with E-state index >= 15 is 0 Å². The number of hydrogen-bond donors (Lipinski definition) is 1. The molecule has 0 saturated carbocycles. The number of fused-ring (bicyclic) bond motifs is 3. The molecule has 72 valence electrons. The van der Waals surface area contributed by atoms with E-state index in [2.05, 4.69) is 51.1 Å². The number of nitrogens with one attached hydrogen (secondary N) is 1. The van der Waals surface area contributed by atoms with Gasteiger partial charge in [-0.05, 0) is 30.8 Å². The Kier molecular flexibility index (Phi) is 1.73. The Morgan fingerprint density at radius 2 is 2.21 bits per heavy atom. The predicted molar refractivity (Wildman–Crippen MR) is 61.2 cm³/mol. The largest absolute Gasteiger partial charge is 0.357 e. The lowest BCUT2D eigenvalue weighted by Crippen LogP contribution is -2.08. The van der Waals surface area contributed by atoms with E-state index in [4.69, 9.17) is 0 Å². The highest BCUT2D eigenvalue weighted by atomic mass is 79.9. The van der Waals surface area contributed by atoms with E-state index in [1.54, 1.807) is 0 Å². The van der Waals surface area contributed by atoms with Crippen molar-refractivity contribution in [2.75, 3.05) is 7.05 Å². The molecule has 0 spiro atoms. The van der Waals surface area contributed by atoms with Gasteiger partial charge in [-0.15, -0.1) is 0 Å². The van der Waals surface area contributed by atoms with Gasteiger partial charge in [0.05, 0.1) is 0 Å². The molecular formula is C11H11BrN2. The predicted octanol–water partition coefficient (Wildman–Crippen LogP) is 2.88. The molecule has 0 radical (unpaired) electrons. The summed E-state index contributed by atoms with van der Waals surface area (Å²) in [6.45, 7) is 2.10. The maximum atomic E-state index is 3.51. The van der Waals surface area contributed by atoms with Crippen LogP contribution < -0.4 is 0 Å². The summed E-state index contributed by atoms with van der Waals surface area (Å²) in [6.07, 6.45) is 0. The molecule has 1 aliphatic rings. The van der Waals surface area contributed by atoms with E-state index in [1.807, 2.05) is 0 Å². The van der Waals surface area contributed by atoms with Gasteiger partial charge >= 0.3 is 0 Å². The minimum absolute atomic E-state index is 1.04. The van der Waals surface area contributed by atoms with Crippen LogP contribution in [0.15, 0.2) is 22.7 Å². The highest BCUT2D eigenvalue weighted by molar-refractivity contribution is 9.10. The number of hydrogen-bond acceptors (Lipinski definition) is 1. The van der Waals surface area contributed by atoms with Crippen LogP contribution in [-0.2, 0) is 13.1 Å². The molecule has 3 rings (SSSR count). The van der Waals surface area contributed by atoms with E-state index < -0.39 is 0 Å². The Labute approximate surface area is 91.0 Å². The SMILES string of the molecule is CN1Cc2[nH]c3ccc(Br)cc3c2C1. The smallest absolute Gasteiger partial charge is 0.0460 e. The van der Waals surface area contributed by atoms with E-state index in [-0.39, 0.29) is 0 Å².